The van der Waals surface area contributed by atoms with Gasteiger partial charge >= 0.3 is 5.97 Å². The molecule has 6 nitrogen and oxygen atoms in total. The van der Waals surface area contributed by atoms with E-state index in [2.05, 4.69) is 14.6 Å². The first-order valence-electron chi connectivity index (χ1n) is 5.51. The number of carbonyl (C=O) groups excluding carboxylic acids is 1. The highest BCUT2D eigenvalue weighted by Crippen LogP contribution is 2.12. The second kappa shape index (κ2) is 5.29. The fraction of sp³-hybridized carbons (Fsp3) is 0.636. The highest BCUT2D eigenvalue weighted by Gasteiger charge is 2.27. The maximum atomic E-state index is 11.4. The molecule has 0 amide bonds. The summed E-state index contributed by atoms with van der Waals surface area (Å²) in [6, 6.07) is 0. The monoisotopic (exact) mass is 240 g/mol. The van der Waals surface area contributed by atoms with Gasteiger partial charge in [-0.05, 0) is 6.92 Å². The lowest BCUT2D eigenvalue weighted by atomic mass is 10.2. The molecule has 2 rings (SSSR count). The average Bonchev–Trinajstić information content (AvgIpc) is 2.74. The first-order chi connectivity index (χ1) is 8.20. The summed E-state index contributed by atoms with van der Waals surface area (Å²) in [4.78, 5) is 17.6. The molecule has 0 spiro atoms. The largest absolute Gasteiger partial charge is 0.467 e. The van der Waals surface area contributed by atoms with E-state index < -0.39 is 6.10 Å². The van der Waals surface area contributed by atoms with Gasteiger partial charge in [0, 0.05) is 19.6 Å². The van der Waals surface area contributed by atoms with Gasteiger partial charge in [-0.2, -0.15) is 0 Å². The Labute approximate surface area is 99.5 Å². The Morgan fingerprint density at radius 3 is 3.18 bits per heavy atom. The molecular formula is C11H16N2O4. The topological polar surface area (TPSA) is 64.8 Å². The highest BCUT2D eigenvalue weighted by molar-refractivity contribution is 5.74. The van der Waals surface area contributed by atoms with Gasteiger partial charge in [0.1, 0.15) is 5.76 Å². The van der Waals surface area contributed by atoms with E-state index in [4.69, 9.17) is 9.15 Å². The predicted molar refractivity (Wildman–Crippen MR) is 58.3 cm³/mol. The van der Waals surface area contributed by atoms with Crippen LogP contribution in [0.2, 0.25) is 0 Å². The molecule has 2 heterocycles. The molecule has 1 fully saturated rings. The summed E-state index contributed by atoms with van der Waals surface area (Å²) in [5.41, 5.74) is 0.899. The van der Waals surface area contributed by atoms with Crippen LogP contribution in [0.3, 0.4) is 0 Å². The number of aromatic nitrogens is 1. The van der Waals surface area contributed by atoms with E-state index in [1.165, 1.54) is 13.5 Å². The zero-order valence-corrected chi connectivity index (χ0v) is 10.0. The number of carbonyl (C=O) groups is 1. The number of hydrogen-bond acceptors (Lipinski definition) is 6. The Kier molecular flexibility index (Phi) is 3.75. The van der Waals surface area contributed by atoms with Crippen LogP contribution < -0.4 is 0 Å². The van der Waals surface area contributed by atoms with Gasteiger partial charge in [-0.3, -0.25) is 4.90 Å². The van der Waals surface area contributed by atoms with E-state index in [0.29, 0.717) is 19.7 Å². The normalized spacial score (nSPS) is 21.4. The van der Waals surface area contributed by atoms with Crippen LogP contribution >= 0.6 is 0 Å². The van der Waals surface area contributed by atoms with Crippen LogP contribution in [0.5, 0.6) is 0 Å². The van der Waals surface area contributed by atoms with Crippen molar-refractivity contribution in [3.05, 3.63) is 17.8 Å². The minimum atomic E-state index is -0.499. The number of esters is 1. The minimum absolute atomic E-state index is 0.327. The van der Waals surface area contributed by atoms with Crippen molar-refractivity contribution < 1.29 is 18.7 Å². The van der Waals surface area contributed by atoms with Crippen LogP contribution in [-0.4, -0.2) is 48.8 Å². The van der Waals surface area contributed by atoms with E-state index in [-0.39, 0.29) is 5.97 Å². The van der Waals surface area contributed by atoms with Gasteiger partial charge in [0.15, 0.2) is 12.5 Å². The summed E-state index contributed by atoms with van der Waals surface area (Å²) in [5.74, 6) is 0.484. The van der Waals surface area contributed by atoms with Gasteiger partial charge < -0.3 is 13.9 Å². The number of aryl methyl sites for hydroxylation is 1. The molecule has 94 valence electrons. The third kappa shape index (κ3) is 2.83. The minimum Gasteiger partial charge on any atom is -0.467 e. The molecule has 17 heavy (non-hydrogen) atoms. The molecule has 1 atom stereocenters. The molecule has 1 aromatic rings. The zero-order chi connectivity index (χ0) is 12.3. The molecule has 0 saturated carbocycles. The van der Waals surface area contributed by atoms with Crippen LogP contribution in [0, 0.1) is 6.92 Å². The maximum Gasteiger partial charge on any atom is 0.336 e. The Bertz CT molecular complexity index is 391. The summed E-state index contributed by atoms with van der Waals surface area (Å²) < 4.78 is 15.2. The van der Waals surface area contributed by atoms with E-state index >= 15 is 0 Å². The summed E-state index contributed by atoms with van der Waals surface area (Å²) in [6.45, 7) is 4.37. The van der Waals surface area contributed by atoms with Gasteiger partial charge in [-0.25, -0.2) is 9.78 Å². The molecule has 0 aliphatic carbocycles. The fourth-order valence-electron chi connectivity index (χ4n) is 1.81. The molecule has 1 saturated heterocycles. The lowest BCUT2D eigenvalue weighted by Gasteiger charge is -2.30. The Balaban J connectivity index is 1.94. The molecule has 0 bridgehead atoms. The summed E-state index contributed by atoms with van der Waals surface area (Å²) in [6.07, 6.45) is 0.934. The van der Waals surface area contributed by atoms with Crippen LogP contribution in [-0.2, 0) is 20.8 Å². The first-order valence-corrected chi connectivity index (χ1v) is 5.51. The van der Waals surface area contributed by atoms with Gasteiger partial charge in [-0.1, -0.05) is 0 Å². The number of morpholine rings is 1. The van der Waals surface area contributed by atoms with Crippen molar-refractivity contribution in [2.75, 3.05) is 26.8 Å². The van der Waals surface area contributed by atoms with E-state index in [0.717, 1.165) is 18.0 Å². The van der Waals surface area contributed by atoms with Crippen LogP contribution in [0.1, 0.15) is 11.5 Å². The van der Waals surface area contributed by atoms with Gasteiger partial charge in [0.25, 0.3) is 0 Å². The molecule has 1 aliphatic rings. The number of nitrogens with zero attached hydrogens (tertiary/aromatic N) is 2. The summed E-state index contributed by atoms with van der Waals surface area (Å²) in [5, 5.41) is 0. The van der Waals surface area contributed by atoms with Crippen molar-refractivity contribution in [1.29, 1.82) is 0 Å². The van der Waals surface area contributed by atoms with Gasteiger partial charge in [-0.15, -0.1) is 0 Å². The SMILES string of the molecule is COC(=O)C1CN(Cc2ncoc2C)CCO1. The van der Waals surface area contributed by atoms with Crippen molar-refractivity contribution in [3.8, 4) is 0 Å². The third-order valence-electron chi connectivity index (χ3n) is 2.83. The molecule has 0 radical (unpaired) electrons. The van der Waals surface area contributed by atoms with E-state index in [1.54, 1.807) is 0 Å². The summed E-state index contributed by atoms with van der Waals surface area (Å²) >= 11 is 0. The molecule has 0 N–H and O–H groups in total. The lowest BCUT2D eigenvalue weighted by molar-refractivity contribution is -0.160. The van der Waals surface area contributed by atoms with Crippen molar-refractivity contribution in [2.24, 2.45) is 0 Å². The standard InChI is InChI=1S/C11H16N2O4/c1-8-9(12-7-17-8)5-13-3-4-16-10(6-13)11(14)15-2/h7,10H,3-6H2,1-2H3. The Hall–Kier alpha value is -1.40. The number of rotatable bonds is 3. The molecule has 6 heteroatoms. The number of ether oxygens (including phenoxy) is 2. The average molecular weight is 240 g/mol. The molecular weight excluding hydrogens is 224 g/mol. The highest BCUT2D eigenvalue weighted by atomic mass is 16.6. The maximum absolute atomic E-state index is 11.4. The number of hydrogen-bond donors (Lipinski definition) is 0. The van der Waals surface area contributed by atoms with Gasteiger partial charge in [0.05, 0.1) is 19.4 Å². The quantitative estimate of drug-likeness (QED) is 0.711. The van der Waals surface area contributed by atoms with Gasteiger partial charge in [0.2, 0.25) is 0 Å². The Morgan fingerprint density at radius 2 is 2.53 bits per heavy atom. The number of methoxy groups -OCH3 is 1. The predicted octanol–water partition coefficient (Wildman–Crippen LogP) is 0.357. The van der Waals surface area contributed by atoms with Crippen LogP contribution in [0.15, 0.2) is 10.8 Å². The summed E-state index contributed by atoms with van der Waals surface area (Å²) in [7, 11) is 1.37. The molecule has 1 aromatic heterocycles. The van der Waals surface area contributed by atoms with Crippen molar-refractivity contribution in [2.45, 2.75) is 19.6 Å². The van der Waals surface area contributed by atoms with Crippen molar-refractivity contribution in [3.63, 3.8) is 0 Å². The molecule has 1 aliphatic heterocycles. The molecule has 0 aromatic carbocycles. The van der Waals surface area contributed by atoms with Crippen LogP contribution in [0.25, 0.3) is 0 Å². The van der Waals surface area contributed by atoms with E-state index in [1.807, 2.05) is 6.92 Å². The smallest absolute Gasteiger partial charge is 0.336 e. The van der Waals surface area contributed by atoms with Crippen LogP contribution in [0.4, 0.5) is 0 Å². The van der Waals surface area contributed by atoms with E-state index in [9.17, 15) is 4.79 Å². The Morgan fingerprint density at radius 1 is 1.71 bits per heavy atom. The van der Waals surface area contributed by atoms with Crippen molar-refractivity contribution in [1.82, 2.24) is 9.88 Å². The zero-order valence-electron chi connectivity index (χ0n) is 10.0. The number of oxazole rings is 1. The lowest BCUT2D eigenvalue weighted by Crippen LogP contribution is -2.46. The third-order valence-corrected chi connectivity index (χ3v) is 2.83. The first kappa shape index (κ1) is 12.1. The fourth-order valence-corrected chi connectivity index (χ4v) is 1.81. The second-order valence-electron chi connectivity index (χ2n) is 3.97. The molecule has 1 unspecified atom stereocenters. The van der Waals surface area contributed by atoms with Crippen molar-refractivity contribution >= 4 is 5.97 Å². The second-order valence-corrected chi connectivity index (χ2v) is 3.97.